The molecule has 3 N–H and O–H groups in total. The van der Waals surface area contributed by atoms with Crippen molar-refractivity contribution in [3.05, 3.63) is 53.7 Å². The predicted octanol–water partition coefficient (Wildman–Crippen LogP) is 2.45. The van der Waals surface area contributed by atoms with Gasteiger partial charge in [0.2, 0.25) is 5.88 Å². The van der Waals surface area contributed by atoms with Crippen molar-refractivity contribution >= 4 is 28.8 Å². The van der Waals surface area contributed by atoms with Gasteiger partial charge in [-0.25, -0.2) is 4.98 Å². The van der Waals surface area contributed by atoms with E-state index in [1.165, 1.54) is 11.8 Å². The van der Waals surface area contributed by atoms with E-state index in [-0.39, 0.29) is 5.91 Å². The average molecular weight is 383 g/mol. The minimum absolute atomic E-state index is 0.184. The highest BCUT2D eigenvalue weighted by molar-refractivity contribution is 14.1. The number of carbonyl (C=O) groups excluding carboxylic acids is 1. The Morgan fingerprint density at radius 2 is 2.00 bits per heavy atom. The molecule has 1 aromatic carbocycles. The molecule has 2 aromatic rings. The number of hydrogen-bond acceptors (Lipinski definition) is 4. The zero-order valence-corrected chi connectivity index (χ0v) is 12.8. The van der Waals surface area contributed by atoms with Crippen molar-refractivity contribution in [3.63, 3.8) is 0 Å². The summed E-state index contributed by atoms with van der Waals surface area (Å²) >= 11 is 1.79. The molecule has 104 valence electrons. The molecule has 2 rings (SSSR count). The first-order chi connectivity index (χ1) is 9.72. The van der Waals surface area contributed by atoms with Gasteiger partial charge in [0.25, 0.3) is 5.91 Å². The van der Waals surface area contributed by atoms with Gasteiger partial charge in [0, 0.05) is 12.3 Å². The Bertz CT molecular complexity index is 570. The average Bonchev–Trinajstić information content (AvgIpc) is 2.49. The predicted molar refractivity (Wildman–Crippen MR) is 85.0 cm³/mol. The van der Waals surface area contributed by atoms with Gasteiger partial charge in [-0.05, 0) is 36.7 Å². The number of nitrogens with two attached hydrogens (primary N) is 1. The van der Waals surface area contributed by atoms with Gasteiger partial charge < -0.3 is 10.5 Å². The topological polar surface area (TPSA) is 77.2 Å². The molecule has 0 saturated heterocycles. The van der Waals surface area contributed by atoms with E-state index < -0.39 is 0 Å². The van der Waals surface area contributed by atoms with Crippen molar-refractivity contribution < 1.29 is 9.53 Å². The summed E-state index contributed by atoms with van der Waals surface area (Å²) in [7, 11) is 0. The number of benzene rings is 1. The molecule has 0 aliphatic heterocycles. The molecule has 1 heterocycles. The normalized spacial score (nSPS) is 10.1. The fourth-order valence-corrected chi connectivity index (χ4v) is 1.95. The minimum Gasteiger partial charge on any atom is -0.439 e. The molecule has 5 nitrogen and oxygen atoms in total. The van der Waals surface area contributed by atoms with E-state index in [1.54, 1.807) is 35.0 Å². The van der Waals surface area contributed by atoms with Crippen LogP contribution in [-0.2, 0) is 6.42 Å². The van der Waals surface area contributed by atoms with Crippen molar-refractivity contribution in [3.8, 4) is 11.6 Å². The SMILES string of the molecule is NCCc1ccc(Oc2ccc(C(=O)NI)cn2)cc1. The first kappa shape index (κ1) is 14.7. The quantitative estimate of drug-likeness (QED) is 0.614. The molecule has 0 radical (unpaired) electrons. The summed E-state index contributed by atoms with van der Waals surface area (Å²) in [5, 5.41) is 0. The number of pyridine rings is 1. The Morgan fingerprint density at radius 1 is 1.25 bits per heavy atom. The molecule has 6 heteroatoms. The Kier molecular flexibility index (Phi) is 5.31. The van der Waals surface area contributed by atoms with Crippen LogP contribution in [0.5, 0.6) is 11.6 Å². The number of nitrogens with one attached hydrogen (secondary N) is 1. The molecular weight excluding hydrogens is 369 g/mol. The molecule has 1 aromatic heterocycles. The lowest BCUT2D eigenvalue weighted by Gasteiger charge is -2.06. The van der Waals surface area contributed by atoms with Crippen molar-refractivity contribution in [1.82, 2.24) is 8.51 Å². The maximum absolute atomic E-state index is 11.4. The molecule has 0 unspecified atom stereocenters. The van der Waals surface area contributed by atoms with Gasteiger partial charge in [0.1, 0.15) is 5.75 Å². The smallest absolute Gasteiger partial charge is 0.261 e. The number of aromatic nitrogens is 1. The highest BCUT2D eigenvalue weighted by Gasteiger charge is 2.05. The van der Waals surface area contributed by atoms with E-state index >= 15 is 0 Å². The number of ether oxygens (including phenoxy) is 1. The van der Waals surface area contributed by atoms with Crippen LogP contribution in [0.4, 0.5) is 0 Å². The summed E-state index contributed by atoms with van der Waals surface area (Å²) < 4.78 is 8.11. The largest absolute Gasteiger partial charge is 0.439 e. The zero-order chi connectivity index (χ0) is 14.4. The molecule has 0 fully saturated rings. The number of carbonyl (C=O) groups is 1. The first-order valence-corrected chi connectivity index (χ1v) is 7.14. The molecule has 0 aliphatic carbocycles. The highest BCUT2D eigenvalue weighted by atomic mass is 127. The number of rotatable bonds is 5. The van der Waals surface area contributed by atoms with Crippen LogP contribution in [0.2, 0.25) is 0 Å². The summed E-state index contributed by atoms with van der Waals surface area (Å²) in [5.41, 5.74) is 7.16. The Balaban J connectivity index is 2.04. The van der Waals surface area contributed by atoms with E-state index in [0.29, 0.717) is 23.7 Å². The van der Waals surface area contributed by atoms with Gasteiger partial charge in [-0.2, -0.15) is 0 Å². The van der Waals surface area contributed by atoms with Crippen LogP contribution in [0, 0.1) is 0 Å². The second-order valence-corrected chi connectivity index (χ2v) is 4.63. The zero-order valence-electron chi connectivity index (χ0n) is 10.7. The molecule has 0 atom stereocenters. The maximum Gasteiger partial charge on any atom is 0.261 e. The lowest BCUT2D eigenvalue weighted by molar-refractivity contribution is 0.0989. The van der Waals surface area contributed by atoms with Crippen LogP contribution in [0.1, 0.15) is 15.9 Å². The van der Waals surface area contributed by atoms with Gasteiger partial charge in [-0.3, -0.25) is 8.32 Å². The second kappa shape index (κ2) is 7.20. The van der Waals surface area contributed by atoms with Crippen LogP contribution < -0.4 is 14.0 Å². The maximum atomic E-state index is 11.4. The van der Waals surface area contributed by atoms with Crippen molar-refractivity contribution in [2.45, 2.75) is 6.42 Å². The van der Waals surface area contributed by atoms with Gasteiger partial charge >= 0.3 is 0 Å². The third kappa shape index (κ3) is 3.91. The van der Waals surface area contributed by atoms with Gasteiger partial charge in [0.15, 0.2) is 0 Å². The number of amides is 1. The summed E-state index contributed by atoms with van der Waals surface area (Å²) in [4.78, 5) is 15.5. The molecule has 20 heavy (non-hydrogen) atoms. The van der Waals surface area contributed by atoms with Gasteiger partial charge in [-0.15, -0.1) is 0 Å². The fourth-order valence-electron chi connectivity index (χ4n) is 1.64. The Hall–Kier alpha value is -1.67. The van der Waals surface area contributed by atoms with E-state index in [0.717, 1.165) is 6.42 Å². The lowest BCUT2D eigenvalue weighted by Crippen LogP contribution is -2.11. The highest BCUT2D eigenvalue weighted by Crippen LogP contribution is 2.20. The first-order valence-electron chi connectivity index (χ1n) is 6.07. The summed E-state index contributed by atoms with van der Waals surface area (Å²) in [5.74, 6) is 0.960. The van der Waals surface area contributed by atoms with E-state index in [1.807, 2.05) is 24.3 Å². The summed E-state index contributed by atoms with van der Waals surface area (Å²) in [6.45, 7) is 0.627. The van der Waals surface area contributed by atoms with Crippen LogP contribution >= 0.6 is 22.9 Å². The van der Waals surface area contributed by atoms with Crippen molar-refractivity contribution in [2.24, 2.45) is 5.73 Å². The third-order valence-electron chi connectivity index (χ3n) is 2.66. The summed E-state index contributed by atoms with van der Waals surface area (Å²) in [6, 6.07) is 11.0. The van der Waals surface area contributed by atoms with Crippen LogP contribution in [0.25, 0.3) is 0 Å². The molecular formula is C14H14IN3O2. The van der Waals surface area contributed by atoms with Crippen LogP contribution in [-0.4, -0.2) is 17.4 Å². The van der Waals surface area contributed by atoms with E-state index in [4.69, 9.17) is 10.5 Å². The standard InChI is InChI=1S/C14H14IN3O2/c15-18-14(19)11-3-6-13(17-9-11)20-12-4-1-10(2-5-12)7-8-16/h1-6,9H,7-8,16H2,(H,18,19). The van der Waals surface area contributed by atoms with Crippen molar-refractivity contribution in [1.29, 1.82) is 0 Å². The van der Waals surface area contributed by atoms with Gasteiger partial charge in [-0.1, -0.05) is 12.1 Å². The number of halogens is 1. The number of nitrogens with zero attached hydrogens (tertiary/aromatic N) is 1. The number of hydrogen-bond donors (Lipinski definition) is 2. The van der Waals surface area contributed by atoms with Gasteiger partial charge in [0.05, 0.1) is 28.4 Å². The molecule has 1 amide bonds. The van der Waals surface area contributed by atoms with Crippen LogP contribution in [0.15, 0.2) is 42.6 Å². The van der Waals surface area contributed by atoms with Crippen molar-refractivity contribution in [2.75, 3.05) is 6.54 Å². The van der Waals surface area contributed by atoms with E-state index in [2.05, 4.69) is 8.51 Å². The molecule has 0 bridgehead atoms. The fraction of sp³-hybridized carbons (Fsp3) is 0.143. The van der Waals surface area contributed by atoms with E-state index in [9.17, 15) is 4.79 Å². The summed E-state index contributed by atoms with van der Waals surface area (Å²) in [6.07, 6.45) is 2.32. The Morgan fingerprint density at radius 3 is 2.55 bits per heavy atom. The molecule has 0 spiro atoms. The van der Waals surface area contributed by atoms with Crippen LogP contribution in [0.3, 0.4) is 0 Å². The Labute approximate surface area is 131 Å². The second-order valence-electron chi connectivity index (χ2n) is 4.09. The molecule has 0 saturated carbocycles. The minimum atomic E-state index is -0.184. The monoisotopic (exact) mass is 383 g/mol. The molecule has 0 aliphatic rings. The lowest BCUT2D eigenvalue weighted by atomic mass is 10.1. The third-order valence-corrected chi connectivity index (χ3v) is 3.15.